The Morgan fingerprint density at radius 2 is 1.93 bits per heavy atom. The van der Waals surface area contributed by atoms with Crippen molar-refractivity contribution in [3.63, 3.8) is 0 Å². The van der Waals surface area contributed by atoms with Crippen molar-refractivity contribution in [3.05, 3.63) is 60.4 Å². The highest BCUT2D eigenvalue weighted by Crippen LogP contribution is 2.03. The molecule has 0 amide bonds. The molecule has 0 aromatic carbocycles. The largest absolute Gasteiger partial charge is 0.512 e. The predicted molar refractivity (Wildman–Crippen MR) is 63.2 cm³/mol. The smallest absolute Gasteiger partial charge is 0.0920 e. The van der Waals surface area contributed by atoms with E-state index in [1.807, 2.05) is 32.1 Å². The topological polar surface area (TPSA) is 20.2 Å². The first kappa shape index (κ1) is 12.5. The quantitative estimate of drug-likeness (QED) is 0.511. The van der Waals surface area contributed by atoms with Crippen molar-refractivity contribution in [1.82, 2.24) is 0 Å². The second kappa shape index (κ2) is 6.96. The van der Waals surface area contributed by atoms with Crippen molar-refractivity contribution in [3.8, 4) is 0 Å². The molecule has 76 valence electrons. The van der Waals surface area contributed by atoms with Crippen LogP contribution in [-0.2, 0) is 0 Å². The van der Waals surface area contributed by atoms with Crippen molar-refractivity contribution in [2.75, 3.05) is 0 Å². The van der Waals surface area contributed by atoms with Crippen LogP contribution in [0, 0.1) is 0 Å². The summed E-state index contributed by atoms with van der Waals surface area (Å²) >= 11 is 0. The second-order valence-corrected chi connectivity index (χ2v) is 3.06. The first-order valence-corrected chi connectivity index (χ1v) is 4.66. The van der Waals surface area contributed by atoms with E-state index >= 15 is 0 Å². The Morgan fingerprint density at radius 1 is 1.29 bits per heavy atom. The summed E-state index contributed by atoms with van der Waals surface area (Å²) in [6.07, 6.45) is 9.70. The maximum Gasteiger partial charge on any atom is 0.0920 e. The van der Waals surface area contributed by atoms with E-state index < -0.39 is 0 Å². The fourth-order valence-electron chi connectivity index (χ4n) is 0.740. The monoisotopic (exact) mass is 190 g/mol. The normalized spacial score (nSPS) is 13.3. The van der Waals surface area contributed by atoms with E-state index in [9.17, 15) is 5.11 Å². The molecule has 0 rings (SSSR count). The van der Waals surface area contributed by atoms with Gasteiger partial charge in [0.25, 0.3) is 0 Å². The Hall–Kier alpha value is -1.50. The van der Waals surface area contributed by atoms with Gasteiger partial charge in [-0.05, 0) is 18.6 Å². The van der Waals surface area contributed by atoms with Crippen molar-refractivity contribution in [1.29, 1.82) is 0 Å². The lowest BCUT2D eigenvalue weighted by atomic mass is 10.2. The van der Waals surface area contributed by atoms with Crippen LogP contribution in [0.4, 0.5) is 0 Å². The maximum atomic E-state index is 9.22. The molecule has 0 unspecified atom stereocenters. The molecule has 0 fully saturated rings. The van der Waals surface area contributed by atoms with E-state index in [0.29, 0.717) is 12.2 Å². The lowest BCUT2D eigenvalue weighted by Gasteiger charge is -1.93. The molecule has 1 nitrogen and oxygen atoms in total. The highest BCUT2D eigenvalue weighted by molar-refractivity contribution is 5.35. The maximum absolute atomic E-state index is 9.22. The van der Waals surface area contributed by atoms with Gasteiger partial charge in [-0.1, -0.05) is 50.0 Å². The van der Waals surface area contributed by atoms with Crippen LogP contribution in [-0.4, -0.2) is 5.11 Å². The van der Waals surface area contributed by atoms with Gasteiger partial charge in [0, 0.05) is 6.42 Å². The van der Waals surface area contributed by atoms with Gasteiger partial charge in [0.1, 0.15) is 0 Å². The summed E-state index contributed by atoms with van der Waals surface area (Å²) in [5, 5.41) is 9.22. The zero-order valence-electron chi connectivity index (χ0n) is 8.96. The Labute approximate surface area is 86.5 Å². The Kier molecular flexibility index (Phi) is 6.21. The number of aliphatic hydroxyl groups is 1. The fraction of sp³-hybridized carbons (Fsp3) is 0.231. The zero-order chi connectivity index (χ0) is 11.0. The number of hydrogen-bond donors (Lipinski definition) is 1. The van der Waals surface area contributed by atoms with Crippen LogP contribution in [0.3, 0.4) is 0 Å². The molecule has 0 aromatic rings. The molecule has 1 N–H and O–H groups in total. The minimum absolute atomic E-state index is 0.369. The van der Waals surface area contributed by atoms with Crippen LogP contribution in [0.15, 0.2) is 60.4 Å². The lowest BCUT2D eigenvalue weighted by Crippen LogP contribution is -1.76. The molecule has 0 aliphatic carbocycles. The first-order chi connectivity index (χ1) is 6.60. The summed E-state index contributed by atoms with van der Waals surface area (Å²) < 4.78 is 0. The Bertz CT molecular complexity index is 290. The third kappa shape index (κ3) is 6.06. The first-order valence-electron chi connectivity index (χ1n) is 4.66. The van der Waals surface area contributed by atoms with Crippen molar-refractivity contribution >= 4 is 0 Å². The van der Waals surface area contributed by atoms with E-state index in [1.54, 1.807) is 12.2 Å². The molecular formula is C13H18O. The van der Waals surface area contributed by atoms with Crippen LogP contribution in [0.1, 0.15) is 20.3 Å². The molecule has 1 heteroatoms. The molecule has 0 aliphatic rings. The van der Waals surface area contributed by atoms with Crippen LogP contribution in [0.25, 0.3) is 0 Å². The Morgan fingerprint density at radius 3 is 2.36 bits per heavy atom. The highest BCUT2D eigenvalue weighted by atomic mass is 16.3. The summed E-state index contributed by atoms with van der Waals surface area (Å²) in [4.78, 5) is 0. The van der Waals surface area contributed by atoms with Gasteiger partial charge in [0.2, 0.25) is 0 Å². The number of allylic oxidation sites excluding steroid dienone is 8. The fourth-order valence-corrected chi connectivity index (χ4v) is 0.740. The highest BCUT2D eigenvalue weighted by Gasteiger charge is 1.86. The zero-order valence-corrected chi connectivity index (χ0v) is 8.96. The van der Waals surface area contributed by atoms with Gasteiger partial charge in [-0.15, -0.1) is 0 Å². The molecule has 0 aliphatic heterocycles. The third-order valence-electron chi connectivity index (χ3n) is 1.63. The van der Waals surface area contributed by atoms with E-state index in [2.05, 4.69) is 13.2 Å². The minimum atomic E-state index is 0.369. The van der Waals surface area contributed by atoms with Crippen LogP contribution < -0.4 is 0 Å². The van der Waals surface area contributed by atoms with Crippen LogP contribution >= 0.6 is 0 Å². The van der Waals surface area contributed by atoms with Gasteiger partial charge >= 0.3 is 0 Å². The molecular weight excluding hydrogens is 172 g/mol. The molecule has 0 atom stereocenters. The molecule has 0 bridgehead atoms. The summed E-state index contributed by atoms with van der Waals surface area (Å²) in [6, 6.07) is 0. The summed E-state index contributed by atoms with van der Waals surface area (Å²) in [7, 11) is 0. The summed E-state index contributed by atoms with van der Waals surface area (Å²) in [6.45, 7) is 11.3. The van der Waals surface area contributed by atoms with Gasteiger partial charge in [-0.2, -0.15) is 0 Å². The molecule has 14 heavy (non-hydrogen) atoms. The van der Waals surface area contributed by atoms with Gasteiger partial charge < -0.3 is 5.11 Å². The summed E-state index contributed by atoms with van der Waals surface area (Å²) in [5.41, 5.74) is 1.94. The molecule has 0 radical (unpaired) electrons. The van der Waals surface area contributed by atoms with Gasteiger partial charge in [0.05, 0.1) is 5.76 Å². The molecule has 0 saturated carbocycles. The predicted octanol–water partition coefficient (Wildman–Crippen LogP) is 4.08. The van der Waals surface area contributed by atoms with Crippen molar-refractivity contribution < 1.29 is 5.11 Å². The average Bonchev–Trinajstić information content (AvgIpc) is 2.17. The van der Waals surface area contributed by atoms with Crippen molar-refractivity contribution in [2.45, 2.75) is 20.3 Å². The van der Waals surface area contributed by atoms with E-state index in [4.69, 9.17) is 0 Å². The van der Waals surface area contributed by atoms with E-state index in [1.165, 1.54) is 0 Å². The van der Waals surface area contributed by atoms with Gasteiger partial charge in [-0.25, -0.2) is 0 Å². The Balaban J connectivity index is 4.56. The van der Waals surface area contributed by atoms with Gasteiger partial charge in [-0.3, -0.25) is 0 Å². The van der Waals surface area contributed by atoms with E-state index in [0.717, 1.165) is 11.1 Å². The summed E-state index contributed by atoms with van der Waals surface area (Å²) in [5.74, 6) is 0.369. The lowest BCUT2D eigenvalue weighted by molar-refractivity contribution is 0.395. The number of aliphatic hydroxyl groups excluding tert-OH is 1. The molecule has 0 saturated heterocycles. The molecule has 0 spiro atoms. The van der Waals surface area contributed by atoms with Crippen LogP contribution in [0.5, 0.6) is 0 Å². The SMILES string of the molecule is C=CC(/C=C/C(=C)C)=C\C=C(\O)CC. The van der Waals surface area contributed by atoms with Gasteiger partial charge in [0.15, 0.2) is 0 Å². The van der Waals surface area contributed by atoms with Crippen LogP contribution in [0.2, 0.25) is 0 Å². The van der Waals surface area contributed by atoms with Crippen molar-refractivity contribution in [2.24, 2.45) is 0 Å². The third-order valence-corrected chi connectivity index (χ3v) is 1.63. The molecule has 0 heterocycles. The van der Waals surface area contributed by atoms with E-state index in [-0.39, 0.29) is 0 Å². The number of hydrogen-bond acceptors (Lipinski definition) is 1. The average molecular weight is 190 g/mol. The minimum Gasteiger partial charge on any atom is -0.512 e. The standard InChI is InChI=1S/C13H18O/c1-5-12(8-7-11(3)4)9-10-13(14)6-2/h5,7-10,14H,1,3,6H2,2,4H3/b8-7+,12-9+,13-10+. The molecule has 0 aromatic heterocycles. The second-order valence-electron chi connectivity index (χ2n) is 3.06. The number of rotatable bonds is 5.